The molecule has 1 atom stereocenters. The molecule has 5 rings (SSSR count). The first-order valence-electron chi connectivity index (χ1n) is 7.92. The van der Waals surface area contributed by atoms with Crippen LogP contribution in [-0.2, 0) is 10.8 Å². The van der Waals surface area contributed by atoms with Crippen molar-refractivity contribution >= 4 is 43.4 Å². The second kappa shape index (κ2) is 4.92. The van der Waals surface area contributed by atoms with E-state index in [1.54, 1.807) is 6.26 Å². The zero-order valence-electron chi connectivity index (χ0n) is 13.2. The number of H-pyrrole nitrogens is 1. The second-order valence-corrected chi connectivity index (χ2v) is 7.51. The normalized spacial score (nSPS) is 13.2. The number of aromatic amines is 1. The lowest BCUT2D eigenvalue weighted by molar-refractivity contribution is 0.687. The third-order valence-electron chi connectivity index (χ3n) is 4.74. The standard InChI is InChI=1S/C21H15NOS/c1-24(23)19-8-3-2-6-16(19)15-11-14-10-9-13-5-4-7-17-20(13)21(14)18(12-15)22-17/h2-12,22H,1H3. The predicted octanol–water partition coefficient (Wildman–Crippen LogP) is 5.32. The van der Waals surface area contributed by atoms with E-state index in [9.17, 15) is 4.21 Å². The molecule has 1 unspecified atom stereocenters. The molecule has 4 aromatic carbocycles. The molecule has 116 valence electrons. The second-order valence-electron chi connectivity index (χ2n) is 6.17. The average Bonchev–Trinajstić information content (AvgIpc) is 2.99. The van der Waals surface area contributed by atoms with Crippen LogP contribution in [0, 0.1) is 0 Å². The summed E-state index contributed by atoms with van der Waals surface area (Å²) in [4.78, 5) is 4.42. The van der Waals surface area contributed by atoms with E-state index < -0.39 is 10.8 Å². The Bertz CT molecular complexity index is 1230. The van der Waals surface area contributed by atoms with E-state index >= 15 is 0 Å². The van der Waals surface area contributed by atoms with Crippen LogP contribution in [0.1, 0.15) is 0 Å². The maximum Gasteiger partial charge on any atom is 0.0504 e. The highest BCUT2D eigenvalue weighted by Gasteiger charge is 2.14. The maximum absolute atomic E-state index is 12.1. The summed E-state index contributed by atoms with van der Waals surface area (Å²) in [6.07, 6.45) is 1.73. The van der Waals surface area contributed by atoms with Crippen molar-refractivity contribution in [3.05, 3.63) is 66.7 Å². The van der Waals surface area contributed by atoms with Gasteiger partial charge in [-0.3, -0.25) is 4.21 Å². The number of hydrogen-bond acceptors (Lipinski definition) is 1. The molecular formula is C21H15NOS. The number of benzene rings is 4. The van der Waals surface area contributed by atoms with Gasteiger partial charge in [0.25, 0.3) is 0 Å². The van der Waals surface area contributed by atoms with Gasteiger partial charge in [0, 0.05) is 33.0 Å². The van der Waals surface area contributed by atoms with Crippen molar-refractivity contribution in [2.45, 2.75) is 4.90 Å². The van der Waals surface area contributed by atoms with Crippen LogP contribution in [0.25, 0.3) is 43.7 Å². The van der Waals surface area contributed by atoms with E-state index in [0.717, 1.165) is 27.1 Å². The Morgan fingerprint density at radius 3 is 2.46 bits per heavy atom. The van der Waals surface area contributed by atoms with E-state index in [0.29, 0.717) is 0 Å². The summed E-state index contributed by atoms with van der Waals surface area (Å²) < 4.78 is 12.1. The Labute approximate surface area is 141 Å². The molecule has 0 aliphatic carbocycles. The molecule has 0 bridgehead atoms. The monoisotopic (exact) mass is 329 g/mol. The fourth-order valence-corrected chi connectivity index (χ4v) is 4.47. The minimum Gasteiger partial charge on any atom is -0.354 e. The van der Waals surface area contributed by atoms with Gasteiger partial charge >= 0.3 is 0 Å². The average molecular weight is 329 g/mol. The first-order valence-corrected chi connectivity index (χ1v) is 9.47. The summed E-state index contributed by atoms with van der Waals surface area (Å²) in [5.41, 5.74) is 4.43. The van der Waals surface area contributed by atoms with E-state index in [1.165, 1.54) is 21.5 Å². The topological polar surface area (TPSA) is 32.9 Å². The Balaban J connectivity index is 1.89. The third kappa shape index (κ3) is 1.85. The van der Waals surface area contributed by atoms with Gasteiger partial charge in [-0.05, 0) is 46.2 Å². The lowest BCUT2D eigenvalue weighted by Gasteiger charge is -2.09. The third-order valence-corrected chi connectivity index (χ3v) is 5.71. The molecule has 1 aromatic heterocycles. The van der Waals surface area contributed by atoms with Crippen LogP contribution in [0.4, 0.5) is 0 Å². The fourth-order valence-electron chi connectivity index (χ4n) is 3.70. The van der Waals surface area contributed by atoms with Crippen LogP contribution in [0.15, 0.2) is 71.6 Å². The summed E-state index contributed by atoms with van der Waals surface area (Å²) in [6, 6.07) is 23.0. The van der Waals surface area contributed by atoms with Gasteiger partial charge in [0.15, 0.2) is 0 Å². The molecule has 0 fully saturated rings. The Kier molecular flexibility index (Phi) is 2.82. The van der Waals surface area contributed by atoms with E-state index in [-0.39, 0.29) is 0 Å². The van der Waals surface area contributed by atoms with Crippen LogP contribution in [0.2, 0.25) is 0 Å². The van der Waals surface area contributed by atoms with Gasteiger partial charge in [-0.25, -0.2) is 0 Å². The molecule has 0 radical (unpaired) electrons. The molecule has 1 N–H and O–H groups in total. The number of rotatable bonds is 2. The Hall–Kier alpha value is -2.65. The van der Waals surface area contributed by atoms with Crippen LogP contribution < -0.4 is 0 Å². The van der Waals surface area contributed by atoms with Gasteiger partial charge < -0.3 is 4.98 Å². The maximum atomic E-state index is 12.1. The highest BCUT2D eigenvalue weighted by atomic mass is 32.2. The van der Waals surface area contributed by atoms with Gasteiger partial charge in [0.1, 0.15) is 0 Å². The fraction of sp³-hybridized carbons (Fsp3) is 0.0476. The summed E-state index contributed by atoms with van der Waals surface area (Å²) in [5, 5.41) is 5.05. The zero-order valence-corrected chi connectivity index (χ0v) is 14.0. The molecule has 0 saturated heterocycles. The Morgan fingerprint density at radius 1 is 0.792 bits per heavy atom. The first-order chi connectivity index (χ1) is 11.7. The SMILES string of the molecule is CS(=O)c1ccccc1-c1cc2ccc3cccc4[nH]c(c1)c2c34. The van der Waals surface area contributed by atoms with Crippen molar-refractivity contribution in [2.24, 2.45) is 0 Å². The van der Waals surface area contributed by atoms with Crippen molar-refractivity contribution in [1.29, 1.82) is 0 Å². The van der Waals surface area contributed by atoms with Crippen LogP contribution >= 0.6 is 0 Å². The lowest BCUT2D eigenvalue weighted by atomic mass is 9.97. The minimum absolute atomic E-state index is 0.876. The highest BCUT2D eigenvalue weighted by molar-refractivity contribution is 7.84. The Morgan fingerprint density at radius 2 is 1.58 bits per heavy atom. The van der Waals surface area contributed by atoms with Gasteiger partial charge in [0.05, 0.1) is 10.8 Å². The quantitative estimate of drug-likeness (QED) is 0.437. The van der Waals surface area contributed by atoms with Gasteiger partial charge in [0.2, 0.25) is 0 Å². The summed E-state index contributed by atoms with van der Waals surface area (Å²) >= 11 is 0. The van der Waals surface area contributed by atoms with Crippen LogP contribution in [-0.4, -0.2) is 15.4 Å². The summed E-state index contributed by atoms with van der Waals surface area (Å²) in [7, 11) is -1.01. The smallest absolute Gasteiger partial charge is 0.0504 e. The molecule has 1 heterocycles. The van der Waals surface area contributed by atoms with Crippen molar-refractivity contribution in [3.63, 3.8) is 0 Å². The van der Waals surface area contributed by atoms with E-state index in [2.05, 4.69) is 47.4 Å². The predicted molar refractivity (Wildman–Crippen MR) is 102 cm³/mol. The molecule has 5 aromatic rings. The van der Waals surface area contributed by atoms with E-state index in [4.69, 9.17) is 0 Å². The minimum atomic E-state index is -1.01. The largest absolute Gasteiger partial charge is 0.354 e. The molecule has 0 spiro atoms. The van der Waals surface area contributed by atoms with E-state index in [1.807, 2.05) is 24.3 Å². The highest BCUT2D eigenvalue weighted by Crippen LogP contribution is 2.38. The molecular weight excluding hydrogens is 314 g/mol. The first kappa shape index (κ1) is 13.8. The molecule has 0 amide bonds. The van der Waals surface area contributed by atoms with Crippen molar-refractivity contribution in [1.82, 2.24) is 4.98 Å². The van der Waals surface area contributed by atoms with Gasteiger partial charge in [-0.15, -0.1) is 0 Å². The van der Waals surface area contributed by atoms with Gasteiger partial charge in [-0.2, -0.15) is 0 Å². The molecule has 0 aliphatic heterocycles. The van der Waals surface area contributed by atoms with Crippen molar-refractivity contribution in [2.75, 3.05) is 6.26 Å². The zero-order chi connectivity index (χ0) is 16.3. The molecule has 2 nitrogen and oxygen atoms in total. The molecule has 0 saturated carbocycles. The lowest BCUT2D eigenvalue weighted by Crippen LogP contribution is -1.92. The summed E-state index contributed by atoms with van der Waals surface area (Å²) in [5.74, 6) is 0. The number of nitrogens with one attached hydrogen (secondary N) is 1. The summed E-state index contributed by atoms with van der Waals surface area (Å²) in [6.45, 7) is 0. The van der Waals surface area contributed by atoms with Crippen LogP contribution in [0.3, 0.4) is 0 Å². The molecule has 0 aliphatic rings. The molecule has 3 heteroatoms. The van der Waals surface area contributed by atoms with Gasteiger partial charge in [-0.1, -0.05) is 42.5 Å². The molecule has 24 heavy (non-hydrogen) atoms. The number of hydrogen-bond donors (Lipinski definition) is 1. The van der Waals surface area contributed by atoms with Crippen LogP contribution in [0.5, 0.6) is 0 Å². The number of aromatic nitrogens is 1. The van der Waals surface area contributed by atoms with Crippen molar-refractivity contribution in [3.8, 4) is 11.1 Å². The van der Waals surface area contributed by atoms with Crippen molar-refractivity contribution < 1.29 is 4.21 Å².